The minimum absolute atomic E-state index is 0.00763. The third-order valence-electron chi connectivity index (χ3n) is 4.72. The molecule has 1 atom stereocenters. The predicted molar refractivity (Wildman–Crippen MR) is 122 cm³/mol. The molecule has 3 aromatic rings. The van der Waals surface area contributed by atoms with Crippen LogP contribution in [0, 0.1) is 0 Å². The Morgan fingerprint density at radius 3 is 2.67 bits per heavy atom. The van der Waals surface area contributed by atoms with Crippen molar-refractivity contribution >= 4 is 28.7 Å². The lowest BCUT2D eigenvalue weighted by atomic mass is 10.0. The average molecular weight is 461 g/mol. The molecule has 5 N–H and O–H groups in total. The van der Waals surface area contributed by atoms with Crippen molar-refractivity contribution in [1.82, 2.24) is 29.8 Å². The first-order chi connectivity index (χ1) is 15.6. The van der Waals surface area contributed by atoms with E-state index in [0.717, 1.165) is 0 Å². The Morgan fingerprint density at radius 1 is 1.24 bits per heavy atom. The maximum absolute atomic E-state index is 14.1. The average Bonchev–Trinajstić information content (AvgIpc) is 3.17. The van der Waals surface area contributed by atoms with Crippen LogP contribution < -0.4 is 16.0 Å². The SMILES string of the molecule is CC(C)Nc1cc(-n2cnc3cnc(NCCO)nc32)ncc1C(=O)NC[C@@H](F)C(C)(C)O. The van der Waals surface area contributed by atoms with E-state index in [2.05, 4.69) is 35.9 Å². The highest BCUT2D eigenvalue weighted by Crippen LogP contribution is 2.22. The summed E-state index contributed by atoms with van der Waals surface area (Å²) in [7, 11) is 0. The van der Waals surface area contributed by atoms with Gasteiger partial charge in [-0.25, -0.2) is 19.3 Å². The van der Waals surface area contributed by atoms with E-state index in [-0.39, 0.29) is 24.8 Å². The van der Waals surface area contributed by atoms with Crippen molar-refractivity contribution in [3.8, 4) is 5.82 Å². The highest BCUT2D eigenvalue weighted by Gasteiger charge is 2.27. The monoisotopic (exact) mass is 460 g/mol. The van der Waals surface area contributed by atoms with E-state index in [0.29, 0.717) is 35.2 Å². The van der Waals surface area contributed by atoms with Crippen LogP contribution >= 0.6 is 0 Å². The predicted octanol–water partition coefficient (Wildman–Crippen LogP) is 1.27. The molecule has 1 amide bonds. The van der Waals surface area contributed by atoms with Gasteiger partial charge in [-0.1, -0.05) is 0 Å². The van der Waals surface area contributed by atoms with Crippen molar-refractivity contribution in [2.45, 2.75) is 45.5 Å². The number of hydrogen-bond acceptors (Lipinski definition) is 9. The molecule has 3 rings (SSSR count). The van der Waals surface area contributed by atoms with Gasteiger partial charge in [0.2, 0.25) is 5.95 Å². The van der Waals surface area contributed by atoms with E-state index < -0.39 is 17.7 Å². The fraction of sp³-hybridized carbons (Fsp3) is 0.476. The van der Waals surface area contributed by atoms with E-state index >= 15 is 0 Å². The minimum Gasteiger partial charge on any atom is -0.395 e. The molecule has 0 bridgehead atoms. The molecule has 0 aliphatic carbocycles. The van der Waals surface area contributed by atoms with Crippen LogP contribution in [0.3, 0.4) is 0 Å². The molecule has 178 valence electrons. The molecule has 3 aromatic heterocycles. The zero-order valence-electron chi connectivity index (χ0n) is 19.0. The number of nitrogens with one attached hydrogen (secondary N) is 3. The number of alkyl halides is 1. The summed E-state index contributed by atoms with van der Waals surface area (Å²) in [6, 6.07) is 1.69. The van der Waals surface area contributed by atoms with Crippen molar-refractivity contribution in [3.63, 3.8) is 0 Å². The number of carbonyl (C=O) groups excluding carboxylic acids is 1. The van der Waals surface area contributed by atoms with Crippen molar-refractivity contribution in [2.24, 2.45) is 0 Å². The van der Waals surface area contributed by atoms with Gasteiger partial charge in [0.25, 0.3) is 5.91 Å². The lowest BCUT2D eigenvalue weighted by molar-refractivity contribution is -0.00177. The fourth-order valence-corrected chi connectivity index (χ4v) is 2.94. The molecular formula is C21H29FN8O3. The second-order valence-electron chi connectivity index (χ2n) is 8.39. The summed E-state index contributed by atoms with van der Waals surface area (Å²) in [5, 5.41) is 27.4. The van der Waals surface area contributed by atoms with E-state index in [9.17, 15) is 14.3 Å². The molecule has 0 saturated heterocycles. The van der Waals surface area contributed by atoms with E-state index in [1.807, 2.05) is 13.8 Å². The molecule has 0 aliphatic rings. The van der Waals surface area contributed by atoms with Crippen LogP contribution in [0.4, 0.5) is 16.0 Å². The minimum atomic E-state index is -1.62. The van der Waals surface area contributed by atoms with Crippen LogP contribution in [0.25, 0.3) is 17.0 Å². The number of aliphatic hydroxyl groups is 2. The largest absolute Gasteiger partial charge is 0.395 e. The maximum Gasteiger partial charge on any atom is 0.255 e. The first kappa shape index (κ1) is 24.3. The van der Waals surface area contributed by atoms with Crippen LogP contribution in [-0.2, 0) is 0 Å². The molecule has 3 heterocycles. The molecule has 0 aromatic carbocycles. The molecule has 0 saturated carbocycles. The Labute approximate surface area is 190 Å². The second-order valence-corrected chi connectivity index (χ2v) is 8.39. The number of fused-ring (bicyclic) bond motifs is 1. The molecule has 12 heteroatoms. The first-order valence-electron chi connectivity index (χ1n) is 10.6. The number of aliphatic hydroxyl groups excluding tert-OH is 1. The topological polar surface area (TPSA) is 150 Å². The van der Waals surface area contributed by atoms with Gasteiger partial charge in [-0.05, 0) is 27.7 Å². The third kappa shape index (κ3) is 5.90. The summed E-state index contributed by atoms with van der Waals surface area (Å²) in [5.41, 5.74) is 0.215. The van der Waals surface area contributed by atoms with Crippen LogP contribution in [0.15, 0.2) is 24.8 Å². The van der Waals surface area contributed by atoms with Crippen LogP contribution in [-0.4, -0.2) is 78.1 Å². The second kappa shape index (κ2) is 10.0. The van der Waals surface area contributed by atoms with Crippen LogP contribution in [0.2, 0.25) is 0 Å². The Bertz CT molecular complexity index is 1110. The number of anilines is 2. The Balaban J connectivity index is 1.92. The number of nitrogens with zero attached hydrogens (tertiary/aromatic N) is 5. The van der Waals surface area contributed by atoms with Gasteiger partial charge in [0.15, 0.2) is 5.65 Å². The molecule has 0 aliphatic heterocycles. The van der Waals surface area contributed by atoms with Crippen molar-refractivity contribution in [2.75, 3.05) is 30.3 Å². The van der Waals surface area contributed by atoms with Gasteiger partial charge in [-0.2, -0.15) is 4.98 Å². The number of halogens is 1. The first-order valence-corrected chi connectivity index (χ1v) is 10.6. The number of hydrogen-bond donors (Lipinski definition) is 5. The molecular weight excluding hydrogens is 431 g/mol. The molecule has 0 radical (unpaired) electrons. The highest BCUT2D eigenvalue weighted by molar-refractivity contribution is 5.99. The lowest BCUT2D eigenvalue weighted by Gasteiger charge is -2.23. The number of aromatic nitrogens is 5. The molecule has 33 heavy (non-hydrogen) atoms. The fourth-order valence-electron chi connectivity index (χ4n) is 2.94. The zero-order chi connectivity index (χ0) is 24.2. The zero-order valence-corrected chi connectivity index (χ0v) is 19.0. The molecule has 0 fully saturated rings. The highest BCUT2D eigenvalue weighted by atomic mass is 19.1. The van der Waals surface area contributed by atoms with E-state index in [1.165, 1.54) is 20.0 Å². The Kier molecular flexibility index (Phi) is 7.39. The Hall–Kier alpha value is -3.38. The smallest absolute Gasteiger partial charge is 0.255 e. The number of carbonyl (C=O) groups is 1. The maximum atomic E-state index is 14.1. The van der Waals surface area contributed by atoms with Crippen molar-refractivity contribution in [3.05, 3.63) is 30.4 Å². The van der Waals surface area contributed by atoms with Gasteiger partial charge >= 0.3 is 0 Å². The van der Waals surface area contributed by atoms with Crippen molar-refractivity contribution < 1.29 is 19.4 Å². The number of pyridine rings is 1. The number of amides is 1. The molecule has 11 nitrogen and oxygen atoms in total. The summed E-state index contributed by atoms with van der Waals surface area (Å²) in [6.07, 6.45) is 2.88. The summed E-state index contributed by atoms with van der Waals surface area (Å²) < 4.78 is 15.7. The summed E-state index contributed by atoms with van der Waals surface area (Å²) in [6.45, 7) is 6.44. The quantitative estimate of drug-likeness (QED) is 0.301. The van der Waals surface area contributed by atoms with Crippen LogP contribution in [0.1, 0.15) is 38.1 Å². The lowest BCUT2D eigenvalue weighted by Crippen LogP contribution is -2.42. The van der Waals surface area contributed by atoms with Crippen molar-refractivity contribution in [1.29, 1.82) is 0 Å². The van der Waals surface area contributed by atoms with Gasteiger partial charge in [0.05, 0.1) is 36.2 Å². The van der Waals surface area contributed by atoms with Gasteiger partial charge in [-0.15, -0.1) is 0 Å². The van der Waals surface area contributed by atoms with Crippen LogP contribution in [0.5, 0.6) is 0 Å². The third-order valence-corrected chi connectivity index (χ3v) is 4.72. The summed E-state index contributed by atoms with van der Waals surface area (Å²) in [4.78, 5) is 30.0. The van der Waals surface area contributed by atoms with E-state index in [4.69, 9.17) is 5.11 Å². The van der Waals surface area contributed by atoms with Gasteiger partial charge in [-0.3, -0.25) is 9.36 Å². The molecule has 0 spiro atoms. The normalized spacial score (nSPS) is 12.7. The van der Waals surface area contributed by atoms with Gasteiger partial charge in [0.1, 0.15) is 23.8 Å². The van der Waals surface area contributed by atoms with Gasteiger partial charge in [0, 0.05) is 24.8 Å². The summed E-state index contributed by atoms with van der Waals surface area (Å²) >= 11 is 0. The number of imidazole rings is 1. The summed E-state index contributed by atoms with van der Waals surface area (Å²) in [5.74, 6) is 0.281. The number of rotatable bonds is 10. The van der Waals surface area contributed by atoms with Gasteiger partial charge < -0.3 is 26.2 Å². The Morgan fingerprint density at radius 2 is 2.00 bits per heavy atom. The molecule has 0 unspecified atom stereocenters. The standard InChI is InChI=1S/C21H29FN8O3/c1-12(2)28-14-7-17(24-8-13(14)19(32)25-10-16(22)21(3,4)33)30-11-27-15-9-26-20(23-5-6-31)29-18(15)30/h7-9,11-12,16,31,33H,5-6,10H2,1-4H3,(H,24,28)(H,25,32)(H,23,26,29)/t16-/m1/s1. The van der Waals surface area contributed by atoms with E-state index in [1.54, 1.807) is 23.2 Å².